The maximum absolute atomic E-state index is 11.4. The van der Waals surface area contributed by atoms with Gasteiger partial charge in [-0.1, -0.05) is 43.0 Å². The van der Waals surface area contributed by atoms with Gasteiger partial charge in [-0.05, 0) is 12.5 Å². The molecule has 0 radical (unpaired) electrons. The average Bonchev–Trinajstić information content (AvgIpc) is 2.21. The SMILES string of the molecule is C=COC(=O)C(=CC)c1ccccc1. The van der Waals surface area contributed by atoms with E-state index in [1.165, 1.54) is 0 Å². The molecule has 0 amide bonds. The highest BCUT2D eigenvalue weighted by Gasteiger charge is 2.10. The van der Waals surface area contributed by atoms with Crippen LogP contribution < -0.4 is 0 Å². The Hall–Kier alpha value is -1.83. The van der Waals surface area contributed by atoms with Crippen LogP contribution in [0.2, 0.25) is 0 Å². The van der Waals surface area contributed by atoms with Crippen LogP contribution in [0.5, 0.6) is 0 Å². The van der Waals surface area contributed by atoms with Gasteiger partial charge in [0.15, 0.2) is 0 Å². The largest absolute Gasteiger partial charge is 0.432 e. The van der Waals surface area contributed by atoms with Gasteiger partial charge < -0.3 is 4.74 Å². The molecular weight excluding hydrogens is 176 g/mol. The van der Waals surface area contributed by atoms with Gasteiger partial charge in [-0.25, -0.2) is 4.79 Å². The number of ether oxygens (including phenoxy) is 1. The summed E-state index contributed by atoms with van der Waals surface area (Å²) in [5.41, 5.74) is 1.40. The molecule has 0 aliphatic heterocycles. The lowest BCUT2D eigenvalue weighted by Crippen LogP contribution is -2.02. The molecular formula is C12H12O2. The summed E-state index contributed by atoms with van der Waals surface area (Å²) in [6, 6.07) is 9.37. The zero-order valence-corrected chi connectivity index (χ0v) is 8.07. The third-order valence-corrected chi connectivity index (χ3v) is 1.78. The van der Waals surface area contributed by atoms with Crippen LogP contribution in [0.3, 0.4) is 0 Å². The van der Waals surface area contributed by atoms with Gasteiger partial charge in [0.25, 0.3) is 0 Å². The molecule has 2 heteroatoms. The third kappa shape index (κ3) is 2.33. The molecule has 1 aromatic carbocycles. The quantitative estimate of drug-likeness (QED) is 0.414. The van der Waals surface area contributed by atoms with Crippen molar-refractivity contribution < 1.29 is 9.53 Å². The van der Waals surface area contributed by atoms with Gasteiger partial charge in [0.05, 0.1) is 11.8 Å². The smallest absolute Gasteiger partial charge is 0.343 e. The van der Waals surface area contributed by atoms with E-state index in [1.807, 2.05) is 30.3 Å². The van der Waals surface area contributed by atoms with Gasteiger partial charge in [0.1, 0.15) is 0 Å². The zero-order valence-electron chi connectivity index (χ0n) is 8.07. The highest BCUT2D eigenvalue weighted by atomic mass is 16.5. The van der Waals surface area contributed by atoms with E-state index in [9.17, 15) is 4.79 Å². The predicted octanol–water partition coefficient (Wildman–Crippen LogP) is 2.78. The lowest BCUT2D eigenvalue weighted by Gasteiger charge is -2.03. The molecule has 0 bridgehead atoms. The van der Waals surface area contributed by atoms with Crippen LogP contribution in [0.15, 0.2) is 49.2 Å². The molecule has 0 N–H and O–H groups in total. The van der Waals surface area contributed by atoms with Crippen molar-refractivity contribution in [1.29, 1.82) is 0 Å². The number of hydrogen-bond donors (Lipinski definition) is 0. The molecule has 0 heterocycles. The second-order valence-corrected chi connectivity index (χ2v) is 2.64. The van der Waals surface area contributed by atoms with Crippen molar-refractivity contribution >= 4 is 11.5 Å². The Bertz CT molecular complexity index is 350. The lowest BCUT2D eigenvalue weighted by atomic mass is 10.1. The fourth-order valence-corrected chi connectivity index (χ4v) is 1.16. The minimum Gasteiger partial charge on any atom is -0.432 e. The van der Waals surface area contributed by atoms with E-state index in [0.717, 1.165) is 11.8 Å². The summed E-state index contributed by atoms with van der Waals surface area (Å²) in [7, 11) is 0. The van der Waals surface area contributed by atoms with E-state index in [-0.39, 0.29) is 5.97 Å². The van der Waals surface area contributed by atoms with Gasteiger partial charge in [0.2, 0.25) is 0 Å². The molecule has 0 spiro atoms. The Balaban J connectivity index is 2.95. The predicted molar refractivity (Wildman–Crippen MR) is 56.4 cm³/mol. The van der Waals surface area contributed by atoms with Gasteiger partial charge in [0, 0.05) is 0 Å². The Morgan fingerprint density at radius 2 is 2.00 bits per heavy atom. The summed E-state index contributed by atoms with van der Waals surface area (Å²) < 4.78 is 4.71. The number of hydrogen-bond acceptors (Lipinski definition) is 2. The first-order chi connectivity index (χ1) is 6.79. The van der Waals surface area contributed by atoms with Crippen molar-refractivity contribution in [2.75, 3.05) is 0 Å². The number of carbonyl (C=O) groups is 1. The average molecular weight is 188 g/mol. The first kappa shape index (κ1) is 10.3. The second-order valence-electron chi connectivity index (χ2n) is 2.64. The summed E-state index contributed by atoms with van der Waals surface area (Å²) in [5.74, 6) is -0.381. The van der Waals surface area contributed by atoms with Crippen LogP contribution in [0.25, 0.3) is 5.57 Å². The summed E-state index contributed by atoms with van der Waals surface area (Å²) >= 11 is 0. The molecule has 0 aromatic heterocycles. The van der Waals surface area contributed by atoms with Gasteiger partial charge in [-0.3, -0.25) is 0 Å². The van der Waals surface area contributed by atoms with E-state index in [1.54, 1.807) is 13.0 Å². The van der Waals surface area contributed by atoms with E-state index < -0.39 is 0 Å². The summed E-state index contributed by atoms with van der Waals surface area (Å²) in [5, 5.41) is 0. The number of benzene rings is 1. The summed E-state index contributed by atoms with van der Waals surface area (Å²) in [4.78, 5) is 11.4. The number of rotatable bonds is 3. The Morgan fingerprint density at radius 1 is 1.36 bits per heavy atom. The van der Waals surface area contributed by atoms with Gasteiger partial charge in [-0.15, -0.1) is 0 Å². The molecule has 0 saturated carbocycles. The van der Waals surface area contributed by atoms with Crippen LogP contribution in [0, 0.1) is 0 Å². The van der Waals surface area contributed by atoms with Gasteiger partial charge in [-0.2, -0.15) is 0 Å². The first-order valence-corrected chi connectivity index (χ1v) is 4.33. The van der Waals surface area contributed by atoms with Crippen molar-refractivity contribution in [3.05, 3.63) is 54.8 Å². The van der Waals surface area contributed by atoms with E-state index in [4.69, 9.17) is 4.74 Å². The molecule has 1 rings (SSSR count). The minimum absolute atomic E-state index is 0.381. The molecule has 14 heavy (non-hydrogen) atoms. The Morgan fingerprint density at radius 3 is 2.50 bits per heavy atom. The molecule has 0 atom stereocenters. The van der Waals surface area contributed by atoms with E-state index in [0.29, 0.717) is 5.57 Å². The van der Waals surface area contributed by atoms with Crippen molar-refractivity contribution in [2.45, 2.75) is 6.92 Å². The highest BCUT2D eigenvalue weighted by molar-refractivity contribution is 6.16. The van der Waals surface area contributed by atoms with Crippen LogP contribution in [0.1, 0.15) is 12.5 Å². The fourth-order valence-electron chi connectivity index (χ4n) is 1.16. The van der Waals surface area contributed by atoms with Gasteiger partial charge >= 0.3 is 5.97 Å². The van der Waals surface area contributed by atoms with Crippen molar-refractivity contribution in [2.24, 2.45) is 0 Å². The van der Waals surface area contributed by atoms with Crippen molar-refractivity contribution in [1.82, 2.24) is 0 Å². The highest BCUT2D eigenvalue weighted by Crippen LogP contribution is 2.15. The monoisotopic (exact) mass is 188 g/mol. The molecule has 72 valence electrons. The van der Waals surface area contributed by atoms with Crippen LogP contribution in [-0.2, 0) is 9.53 Å². The molecule has 0 aliphatic carbocycles. The fraction of sp³-hybridized carbons (Fsp3) is 0.0833. The Labute approximate surface area is 83.5 Å². The molecule has 0 unspecified atom stereocenters. The number of esters is 1. The van der Waals surface area contributed by atoms with Crippen LogP contribution in [0.4, 0.5) is 0 Å². The number of carbonyl (C=O) groups excluding carboxylic acids is 1. The van der Waals surface area contributed by atoms with E-state index >= 15 is 0 Å². The standard InChI is InChI=1S/C12H12O2/c1-3-11(12(13)14-4-2)10-8-6-5-7-9-10/h3-9H,2H2,1H3. The first-order valence-electron chi connectivity index (χ1n) is 4.33. The molecule has 0 saturated heterocycles. The minimum atomic E-state index is -0.381. The molecule has 2 nitrogen and oxygen atoms in total. The van der Waals surface area contributed by atoms with Crippen LogP contribution in [-0.4, -0.2) is 5.97 Å². The number of allylic oxidation sites excluding steroid dienone is 1. The maximum Gasteiger partial charge on any atom is 0.343 e. The lowest BCUT2D eigenvalue weighted by molar-refractivity contribution is -0.131. The van der Waals surface area contributed by atoms with Crippen molar-refractivity contribution in [3.63, 3.8) is 0 Å². The molecule has 0 aliphatic rings. The molecule has 0 fully saturated rings. The Kier molecular flexibility index (Phi) is 3.68. The molecule has 1 aromatic rings. The maximum atomic E-state index is 11.4. The normalized spacial score (nSPS) is 10.8. The van der Waals surface area contributed by atoms with Crippen LogP contribution >= 0.6 is 0 Å². The second kappa shape index (κ2) is 5.02. The van der Waals surface area contributed by atoms with Crippen molar-refractivity contribution in [3.8, 4) is 0 Å². The van der Waals surface area contributed by atoms with E-state index in [2.05, 4.69) is 6.58 Å². The topological polar surface area (TPSA) is 26.3 Å². The summed E-state index contributed by atoms with van der Waals surface area (Å²) in [6.07, 6.45) is 2.86. The summed E-state index contributed by atoms with van der Waals surface area (Å²) in [6.45, 7) is 5.14. The zero-order chi connectivity index (χ0) is 10.4. The third-order valence-electron chi connectivity index (χ3n) is 1.78.